The summed E-state index contributed by atoms with van der Waals surface area (Å²) in [6.45, 7) is 3.79. The molecule has 0 aliphatic carbocycles. The molecular weight excluding hydrogens is 268 g/mol. The van der Waals surface area contributed by atoms with Crippen molar-refractivity contribution in [1.29, 1.82) is 0 Å². The average Bonchev–Trinajstić information content (AvgIpc) is 2.29. The van der Waals surface area contributed by atoms with Gasteiger partial charge in [-0.05, 0) is 25.0 Å². The van der Waals surface area contributed by atoms with E-state index in [4.69, 9.17) is 18.0 Å². The summed E-state index contributed by atoms with van der Waals surface area (Å²) in [7, 11) is -3.30. The summed E-state index contributed by atoms with van der Waals surface area (Å²) in [4.78, 5) is 0.254. The lowest BCUT2D eigenvalue weighted by molar-refractivity contribution is 0.598. The molecule has 0 saturated heterocycles. The number of nitrogens with two attached hydrogens (primary N) is 1. The van der Waals surface area contributed by atoms with Crippen LogP contribution in [0.1, 0.15) is 30.9 Å². The third kappa shape index (κ3) is 4.27. The zero-order chi connectivity index (χ0) is 13.8. The molecule has 0 unspecified atom stereocenters. The van der Waals surface area contributed by atoms with E-state index in [1.165, 1.54) is 0 Å². The molecule has 1 aromatic rings. The first-order valence-corrected chi connectivity index (χ1v) is 7.82. The molecule has 0 spiro atoms. The highest BCUT2D eigenvalue weighted by Crippen LogP contribution is 2.18. The molecule has 0 fully saturated rings. The van der Waals surface area contributed by atoms with E-state index < -0.39 is 10.0 Å². The second-order valence-corrected chi connectivity index (χ2v) is 6.45. The highest BCUT2D eigenvalue weighted by atomic mass is 32.2. The topological polar surface area (TPSA) is 72.2 Å². The van der Waals surface area contributed by atoms with Crippen LogP contribution in [-0.4, -0.2) is 19.2 Å². The van der Waals surface area contributed by atoms with Crippen molar-refractivity contribution in [3.05, 3.63) is 29.3 Å². The van der Waals surface area contributed by atoms with Gasteiger partial charge in [0.1, 0.15) is 4.99 Å². The van der Waals surface area contributed by atoms with Crippen molar-refractivity contribution in [2.45, 2.75) is 26.7 Å². The zero-order valence-corrected chi connectivity index (χ0v) is 12.2. The van der Waals surface area contributed by atoms with Crippen LogP contribution in [0, 0.1) is 6.92 Å². The van der Waals surface area contributed by atoms with Crippen LogP contribution in [0.3, 0.4) is 0 Å². The first-order chi connectivity index (χ1) is 8.35. The molecule has 0 saturated carbocycles. The Labute approximate surface area is 114 Å². The van der Waals surface area contributed by atoms with E-state index in [0.717, 1.165) is 12.0 Å². The van der Waals surface area contributed by atoms with Crippen molar-refractivity contribution in [1.82, 2.24) is 0 Å². The number of unbranched alkanes of at least 4 members (excludes halogenated alkanes) is 1. The van der Waals surface area contributed by atoms with Crippen molar-refractivity contribution in [2.75, 3.05) is 10.5 Å². The van der Waals surface area contributed by atoms with E-state index >= 15 is 0 Å². The Morgan fingerprint density at radius 3 is 2.67 bits per heavy atom. The number of hydrogen-bond acceptors (Lipinski definition) is 3. The molecule has 0 aliphatic heterocycles. The summed E-state index contributed by atoms with van der Waals surface area (Å²) >= 11 is 4.88. The summed E-state index contributed by atoms with van der Waals surface area (Å²) in [5.41, 5.74) is 7.57. The first-order valence-electron chi connectivity index (χ1n) is 5.76. The maximum Gasteiger partial charge on any atom is 0.232 e. The van der Waals surface area contributed by atoms with Crippen LogP contribution in [0.2, 0.25) is 0 Å². The summed E-state index contributed by atoms with van der Waals surface area (Å²) < 4.78 is 26.2. The number of benzene rings is 1. The fourth-order valence-corrected chi connectivity index (χ4v) is 2.89. The normalized spacial score (nSPS) is 11.2. The fourth-order valence-electron chi connectivity index (χ4n) is 1.44. The van der Waals surface area contributed by atoms with Crippen molar-refractivity contribution in [2.24, 2.45) is 5.73 Å². The quantitative estimate of drug-likeness (QED) is 0.786. The second-order valence-electron chi connectivity index (χ2n) is 4.17. The standard InChI is InChI=1S/C12H18N2O2S2/c1-3-4-7-18(15,16)14-11-8-10(12(13)17)6-5-9(11)2/h5-6,8,14H,3-4,7H2,1-2H3,(H2,13,17). The Morgan fingerprint density at radius 1 is 1.44 bits per heavy atom. The van der Waals surface area contributed by atoms with E-state index in [1.54, 1.807) is 18.2 Å². The smallest absolute Gasteiger partial charge is 0.232 e. The molecule has 0 heterocycles. The molecule has 1 rings (SSSR count). The van der Waals surface area contributed by atoms with E-state index in [-0.39, 0.29) is 10.7 Å². The van der Waals surface area contributed by atoms with Gasteiger partial charge in [0, 0.05) is 5.56 Å². The Balaban J connectivity index is 2.96. The Kier molecular flexibility index (Phi) is 5.10. The number of sulfonamides is 1. The average molecular weight is 286 g/mol. The molecule has 0 aliphatic rings. The van der Waals surface area contributed by atoms with Gasteiger partial charge in [-0.15, -0.1) is 0 Å². The fraction of sp³-hybridized carbons (Fsp3) is 0.417. The second kappa shape index (κ2) is 6.15. The summed E-state index contributed by atoms with van der Waals surface area (Å²) in [6, 6.07) is 5.24. The van der Waals surface area contributed by atoms with Crippen molar-refractivity contribution in [3.8, 4) is 0 Å². The molecule has 6 heteroatoms. The number of thiocarbonyl (C=S) groups is 1. The summed E-state index contributed by atoms with van der Waals surface area (Å²) in [5.74, 6) is 0.125. The molecule has 100 valence electrons. The van der Waals surface area contributed by atoms with E-state index in [2.05, 4.69) is 4.72 Å². The molecular formula is C12H18N2O2S2. The molecule has 0 radical (unpaired) electrons. The predicted molar refractivity (Wildman–Crippen MR) is 79.4 cm³/mol. The van der Waals surface area contributed by atoms with Gasteiger partial charge in [-0.3, -0.25) is 4.72 Å². The molecule has 0 bridgehead atoms. The molecule has 4 nitrogen and oxygen atoms in total. The molecule has 0 aromatic heterocycles. The Bertz CT molecular complexity index is 539. The lowest BCUT2D eigenvalue weighted by Crippen LogP contribution is -2.18. The first kappa shape index (κ1) is 14.9. The van der Waals surface area contributed by atoms with Gasteiger partial charge in [-0.1, -0.05) is 37.7 Å². The minimum atomic E-state index is -3.30. The number of anilines is 1. The van der Waals surface area contributed by atoms with Crippen molar-refractivity contribution in [3.63, 3.8) is 0 Å². The highest BCUT2D eigenvalue weighted by Gasteiger charge is 2.12. The van der Waals surface area contributed by atoms with Crippen LogP contribution in [0.25, 0.3) is 0 Å². The van der Waals surface area contributed by atoms with Gasteiger partial charge < -0.3 is 5.73 Å². The van der Waals surface area contributed by atoms with Crippen LogP contribution in [0.15, 0.2) is 18.2 Å². The third-order valence-corrected chi connectivity index (χ3v) is 4.15. The van der Waals surface area contributed by atoms with Crippen LogP contribution in [0.5, 0.6) is 0 Å². The number of nitrogens with one attached hydrogen (secondary N) is 1. The summed E-state index contributed by atoms with van der Waals surface area (Å²) in [5, 5.41) is 0. The van der Waals surface area contributed by atoms with Gasteiger partial charge in [0.2, 0.25) is 10.0 Å². The zero-order valence-electron chi connectivity index (χ0n) is 10.6. The van der Waals surface area contributed by atoms with Gasteiger partial charge in [-0.2, -0.15) is 0 Å². The van der Waals surface area contributed by atoms with Gasteiger partial charge in [0.05, 0.1) is 11.4 Å². The van der Waals surface area contributed by atoms with Gasteiger partial charge >= 0.3 is 0 Å². The minimum Gasteiger partial charge on any atom is -0.389 e. The van der Waals surface area contributed by atoms with E-state index in [9.17, 15) is 8.42 Å². The van der Waals surface area contributed by atoms with Gasteiger partial charge in [0.25, 0.3) is 0 Å². The lowest BCUT2D eigenvalue weighted by Gasteiger charge is -2.11. The molecule has 18 heavy (non-hydrogen) atoms. The van der Waals surface area contributed by atoms with Crippen molar-refractivity contribution < 1.29 is 8.42 Å². The van der Waals surface area contributed by atoms with Gasteiger partial charge in [0.15, 0.2) is 0 Å². The maximum atomic E-state index is 11.8. The number of aryl methyl sites for hydroxylation is 1. The van der Waals surface area contributed by atoms with Gasteiger partial charge in [-0.25, -0.2) is 8.42 Å². The van der Waals surface area contributed by atoms with Crippen LogP contribution in [-0.2, 0) is 10.0 Å². The molecule has 0 amide bonds. The molecule has 3 N–H and O–H groups in total. The lowest BCUT2D eigenvalue weighted by atomic mass is 10.1. The Hall–Kier alpha value is -1.14. The minimum absolute atomic E-state index is 0.125. The highest BCUT2D eigenvalue weighted by molar-refractivity contribution is 7.92. The largest absolute Gasteiger partial charge is 0.389 e. The predicted octanol–water partition coefficient (Wildman–Crippen LogP) is 2.17. The maximum absolute atomic E-state index is 11.8. The van der Waals surface area contributed by atoms with E-state index in [1.807, 2.05) is 13.8 Å². The number of hydrogen-bond donors (Lipinski definition) is 2. The Morgan fingerprint density at radius 2 is 2.11 bits per heavy atom. The number of rotatable bonds is 6. The van der Waals surface area contributed by atoms with Crippen molar-refractivity contribution >= 4 is 32.9 Å². The van der Waals surface area contributed by atoms with Crippen LogP contribution >= 0.6 is 12.2 Å². The summed E-state index contributed by atoms with van der Waals surface area (Å²) in [6.07, 6.45) is 1.48. The third-order valence-electron chi connectivity index (χ3n) is 2.55. The molecule has 0 atom stereocenters. The van der Waals surface area contributed by atoms with Crippen LogP contribution < -0.4 is 10.5 Å². The monoisotopic (exact) mass is 286 g/mol. The van der Waals surface area contributed by atoms with E-state index in [0.29, 0.717) is 17.7 Å². The molecule has 1 aromatic carbocycles. The SMILES string of the molecule is CCCCS(=O)(=O)Nc1cc(C(N)=S)ccc1C. The van der Waals surface area contributed by atoms with Crippen LogP contribution in [0.4, 0.5) is 5.69 Å².